The highest BCUT2D eigenvalue weighted by Crippen LogP contribution is 2.24. The lowest BCUT2D eigenvalue weighted by Crippen LogP contribution is -1.95. The SMILES string of the molecule is NCCC=Cc1ccccc1-c1ccccc1. The summed E-state index contributed by atoms with van der Waals surface area (Å²) in [5.74, 6) is 0. The first-order valence-corrected chi connectivity index (χ1v) is 5.93. The van der Waals surface area contributed by atoms with Crippen LogP contribution in [0.5, 0.6) is 0 Å². The Morgan fingerprint density at radius 3 is 2.35 bits per heavy atom. The predicted octanol–water partition coefficient (Wildman–Crippen LogP) is 3.72. The van der Waals surface area contributed by atoms with Crippen LogP contribution in [0.3, 0.4) is 0 Å². The Bertz CT molecular complexity index is 486. The molecule has 1 nitrogen and oxygen atoms in total. The highest BCUT2D eigenvalue weighted by molar-refractivity contribution is 5.75. The first kappa shape index (κ1) is 11.6. The van der Waals surface area contributed by atoms with Gasteiger partial charge in [-0.1, -0.05) is 66.7 Å². The fourth-order valence-corrected chi connectivity index (χ4v) is 1.83. The van der Waals surface area contributed by atoms with E-state index in [2.05, 4.69) is 60.7 Å². The average Bonchev–Trinajstić information content (AvgIpc) is 2.41. The molecule has 0 radical (unpaired) electrons. The van der Waals surface area contributed by atoms with Gasteiger partial charge in [0.15, 0.2) is 0 Å². The largest absolute Gasteiger partial charge is 0.330 e. The molecule has 0 aliphatic carbocycles. The van der Waals surface area contributed by atoms with Crippen LogP contribution in [0, 0.1) is 0 Å². The third-order valence-electron chi connectivity index (χ3n) is 2.68. The Morgan fingerprint density at radius 2 is 1.59 bits per heavy atom. The number of benzene rings is 2. The van der Waals surface area contributed by atoms with Gasteiger partial charge in [0, 0.05) is 0 Å². The second kappa shape index (κ2) is 6.02. The van der Waals surface area contributed by atoms with E-state index in [1.54, 1.807) is 0 Å². The van der Waals surface area contributed by atoms with Crippen LogP contribution in [-0.4, -0.2) is 6.54 Å². The molecule has 0 aromatic heterocycles. The topological polar surface area (TPSA) is 26.0 Å². The van der Waals surface area contributed by atoms with E-state index in [9.17, 15) is 0 Å². The molecule has 0 atom stereocenters. The fourth-order valence-electron chi connectivity index (χ4n) is 1.83. The summed E-state index contributed by atoms with van der Waals surface area (Å²) in [7, 11) is 0. The second-order valence-electron chi connectivity index (χ2n) is 3.93. The highest BCUT2D eigenvalue weighted by atomic mass is 14.5. The minimum Gasteiger partial charge on any atom is -0.330 e. The zero-order chi connectivity index (χ0) is 11.9. The van der Waals surface area contributed by atoms with E-state index in [4.69, 9.17) is 5.73 Å². The van der Waals surface area contributed by atoms with E-state index < -0.39 is 0 Å². The van der Waals surface area contributed by atoms with Crippen molar-refractivity contribution in [3.8, 4) is 11.1 Å². The minimum absolute atomic E-state index is 0.698. The molecule has 2 aromatic carbocycles. The second-order valence-corrected chi connectivity index (χ2v) is 3.93. The molecule has 0 heterocycles. The summed E-state index contributed by atoms with van der Waals surface area (Å²) in [6.45, 7) is 0.698. The van der Waals surface area contributed by atoms with Crippen molar-refractivity contribution >= 4 is 6.08 Å². The van der Waals surface area contributed by atoms with Crippen molar-refractivity contribution in [1.29, 1.82) is 0 Å². The van der Waals surface area contributed by atoms with Crippen molar-refractivity contribution in [2.75, 3.05) is 6.54 Å². The van der Waals surface area contributed by atoms with E-state index >= 15 is 0 Å². The molecule has 1 heteroatoms. The van der Waals surface area contributed by atoms with E-state index in [0.29, 0.717) is 6.54 Å². The van der Waals surface area contributed by atoms with E-state index in [0.717, 1.165) is 6.42 Å². The minimum atomic E-state index is 0.698. The van der Waals surface area contributed by atoms with Crippen LogP contribution in [0.1, 0.15) is 12.0 Å². The third kappa shape index (κ3) is 3.05. The third-order valence-corrected chi connectivity index (χ3v) is 2.68. The quantitative estimate of drug-likeness (QED) is 0.840. The van der Waals surface area contributed by atoms with Crippen LogP contribution in [0.25, 0.3) is 17.2 Å². The standard InChI is InChI=1S/C16H17N/c17-13-7-6-11-15-10-4-5-12-16(15)14-8-2-1-3-9-14/h1-6,8-12H,7,13,17H2. The van der Waals surface area contributed by atoms with Gasteiger partial charge in [0.05, 0.1) is 0 Å². The van der Waals surface area contributed by atoms with Crippen molar-refractivity contribution in [3.05, 3.63) is 66.2 Å². The fraction of sp³-hybridized carbons (Fsp3) is 0.125. The number of nitrogens with two attached hydrogens (primary N) is 1. The average molecular weight is 223 g/mol. The van der Waals surface area contributed by atoms with Crippen molar-refractivity contribution in [2.45, 2.75) is 6.42 Å². The molecule has 0 aliphatic rings. The van der Waals surface area contributed by atoms with Crippen molar-refractivity contribution in [1.82, 2.24) is 0 Å². The van der Waals surface area contributed by atoms with Crippen molar-refractivity contribution in [2.24, 2.45) is 5.73 Å². The van der Waals surface area contributed by atoms with Gasteiger partial charge in [0.1, 0.15) is 0 Å². The zero-order valence-electron chi connectivity index (χ0n) is 9.84. The molecule has 0 fully saturated rings. The maximum absolute atomic E-state index is 5.49. The van der Waals surface area contributed by atoms with Gasteiger partial charge in [0.25, 0.3) is 0 Å². The lowest BCUT2D eigenvalue weighted by Gasteiger charge is -2.05. The number of hydrogen-bond acceptors (Lipinski definition) is 1. The summed E-state index contributed by atoms with van der Waals surface area (Å²) >= 11 is 0. The molecule has 86 valence electrons. The van der Waals surface area contributed by atoms with Crippen molar-refractivity contribution in [3.63, 3.8) is 0 Å². The molecule has 2 N–H and O–H groups in total. The molecule has 2 rings (SSSR count). The molecule has 0 aliphatic heterocycles. The lowest BCUT2D eigenvalue weighted by atomic mass is 9.99. The van der Waals surface area contributed by atoms with Crippen LogP contribution in [-0.2, 0) is 0 Å². The van der Waals surface area contributed by atoms with E-state index in [-0.39, 0.29) is 0 Å². The van der Waals surface area contributed by atoms with E-state index in [1.165, 1.54) is 16.7 Å². The summed E-state index contributed by atoms with van der Waals surface area (Å²) in [6.07, 6.45) is 5.19. The van der Waals surface area contributed by atoms with Crippen LogP contribution < -0.4 is 5.73 Å². The van der Waals surface area contributed by atoms with Gasteiger partial charge in [-0.2, -0.15) is 0 Å². The van der Waals surface area contributed by atoms with E-state index in [1.807, 2.05) is 6.07 Å². The lowest BCUT2D eigenvalue weighted by molar-refractivity contribution is 1.01. The van der Waals surface area contributed by atoms with Crippen molar-refractivity contribution < 1.29 is 0 Å². The maximum atomic E-state index is 5.49. The van der Waals surface area contributed by atoms with Gasteiger partial charge in [-0.3, -0.25) is 0 Å². The monoisotopic (exact) mass is 223 g/mol. The molecule has 0 unspecified atom stereocenters. The molecule has 0 spiro atoms. The molecule has 0 amide bonds. The van der Waals surface area contributed by atoms with Gasteiger partial charge in [0.2, 0.25) is 0 Å². The summed E-state index contributed by atoms with van der Waals surface area (Å²) in [5, 5.41) is 0. The summed E-state index contributed by atoms with van der Waals surface area (Å²) < 4.78 is 0. The Morgan fingerprint density at radius 1 is 0.882 bits per heavy atom. The zero-order valence-corrected chi connectivity index (χ0v) is 9.84. The first-order chi connectivity index (χ1) is 8.42. The molecular formula is C16H17N. The van der Waals surface area contributed by atoms with Gasteiger partial charge in [-0.25, -0.2) is 0 Å². The predicted molar refractivity (Wildman–Crippen MR) is 74.6 cm³/mol. The Hall–Kier alpha value is -1.86. The van der Waals surface area contributed by atoms with Crippen LogP contribution >= 0.6 is 0 Å². The van der Waals surface area contributed by atoms with Crippen LogP contribution in [0.15, 0.2) is 60.7 Å². The van der Waals surface area contributed by atoms with Gasteiger partial charge in [-0.05, 0) is 29.7 Å². The smallest absolute Gasteiger partial charge is 0.00425 e. The molecule has 0 saturated carbocycles. The summed E-state index contributed by atoms with van der Waals surface area (Å²) in [6, 6.07) is 18.9. The molecule has 17 heavy (non-hydrogen) atoms. The molecule has 0 bridgehead atoms. The van der Waals surface area contributed by atoms with Gasteiger partial charge >= 0.3 is 0 Å². The van der Waals surface area contributed by atoms with Gasteiger partial charge in [-0.15, -0.1) is 0 Å². The molecular weight excluding hydrogens is 206 g/mol. The summed E-state index contributed by atoms with van der Waals surface area (Å²) in [4.78, 5) is 0. The normalized spacial score (nSPS) is 10.9. The van der Waals surface area contributed by atoms with Gasteiger partial charge < -0.3 is 5.73 Å². The van der Waals surface area contributed by atoms with Crippen LogP contribution in [0.4, 0.5) is 0 Å². The van der Waals surface area contributed by atoms with Crippen LogP contribution in [0.2, 0.25) is 0 Å². The maximum Gasteiger partial charge on any atom is -0.00425 e. The number of rotatable bonds is 4. The first-order valence-electron chi connectivity index (χ1n) is 5.93. The molecule has 0 saturated heterocycles. The number of hydrogen-bond donors (Lipinski definition) is 1. The molecule has 2 aromatic rings. The summed E-state index contributed by atoms with van der Waals surface area (Å²) in [5.41, 5.74) is 9.25. The highest BCUT2D eigenvalue weighted by Gasteiger charge is 2.00. The Balaban J connectivity index is 2.34. The Labute approximate surface area is 103 Å². The Kier molecular flexibility index (Phi) is 4.11.